The summed E-state index contributed by atoms with van der Waals surface area (Å²) in [5.74, 6) is -1.18. The molecule has 0 saturated carbocycles. The largest absolute Gasteiger partial charge is 0.392 e. The van der Waals surface area contributed by atoms with Crippen molar-refractivity contribution in [2.24, 2.45) is 11.8 Å². The number of carbonyl (C=O) groups is 2. The normalized spacial score (nSPS) is 23.6. The number of esters is 2. The Hall–Kier alpha value is -1.64. The van der Waals surface area contributed by atoms with Crippen molar-refractivity contribution in [1.29, 1.82) is 0 Å². The Morgan fingerprint density at radius 3 is 2.28 bits per heavy atom. The van der Waals surface area contributed by atoms with Crippen molar-refractivity contribution in [2.75, 3.05) is 0 Å². The van der Waals surface area contributed by atoms with Crippen molar-refractivity contribution >= 4 is 11.9 Å². The zero-order valence-electron chi connectivity index (χ0n) is 11.0. The number of hydrogen-bond acceptors (Lipinski definition) is 3. The SMILES string of the molecule is Cc1ccc([C@@H]2C(=O)OC(=O)[C@@H]2CC(C)C)cc1. The molecule has 3 heteroatoms. The molecular formula is C15H18O3. The van der Waals surface area contributed by atoms with Gasteiger partial charge in [0.1, 0.15) is 0 Å². The van der Waals surface area contributed by atoms with E-state index in [2.05, 4.69) is 0 Å². The lowest BCUT2D eigenvalue weighted by atomic mass is 9.83. The molecule has 0 spiro atoms. The van der Waals surface area contributed by atoms with Crippen LogP contribution in [-0.2, 0) is 14.3 Å². The van der Waals surface area contributed by atoms with E-state index < -0.39 is 11.9 Å². The van der Waals surface area contributed by atoms with Crippen LogP contribution in [0, 0.1) is 18.8 Å². The molecule has 1 fully saturated rings. The van der Waals surface area contributed by atoms with E-state index in [0.29, 0.717) is 12.3 Å². The minimum absolute atomic E-state index is 0.333. The molecule has 0 unspecified atom stereocenters. The Morgan fingerprint density at radius 2 is 1.72 bits per heavy atom. The van der Waals surface area contributed by atoms with Crippen molar-refractivity contribution in [1.82, 2.24) is 0 Å². The lowest BCUT2D eigenvalue weighted by Crippen LogP contribution is -2.18. The van der Waals surface area contributed by atoms with Crippen LogP contribution >= 0.6 is 0 Å². The molecule has 0 N–H and O–H groups in total. The van der Waals surface area contributed by atoms with Gasteiger partial charge >= 0.3 is 11.9 Å². The highest BCUT2D eigenvalue weighted by molar-refractivity contribution is 5.99. The van der Waals surface area contributed by atoms with E-state index >= 15 is 0 Å². The zero-order chi connectivity index (χ0) is 13.3. The molecule has 0 amide bonds. The molecule has 1 aliphatic rings. The molecule has 96 valence electrons. The second-order valence-corrected chi connectivity index (χ2v) is 5.36. The summed E-state index contributed by atoms with van der Waals surface area (Å²) in [6.07, 6.45) is 0.684. The maximum atomic E-state index is 11.8. The molecule has 1 aromatic rings. The highest BCUT2D eigenvalue weighted by Crippen LogP contribution is 2.37. The van der Waals surface area contributed by atoms with Crippen LogP contribution in [0.3, 0.4) is 0 Å². The summed E-state index contributed by atoms with van der Waals surface area (Å²) >= 11 is 0. The summed E-state index contributed by atoms with van der Waals surface area (Å²) in [4.78, 5) is 23.5. The van der Waals surface area contributed by atoms with E-state index in [0.717, 1.165) is 11.1 Å². The Balaban J connectivity index is 2.30. The van der Waals surface area contributed by atoms with Crippen molar-refractivity contribution in [3.63, 3.8) is 0 Å². The number of cyclic esters (lactones) is 2. The Labute approximate surface area is 107 Å². The third-order valence-corrected chi connectivity index (χ3v) is 3.32. The van der Waals surface area contributed by atoms with Crippen LogP contribution in [0.25, 0.3) is 0 Å². The van der Waals surface area contributed by atoms with Crippen LogP contribution in [0.4, 0.5) is 0 Å². The minimum atomic E-state index is -0.430. The predicted octanol–water partition coefficient (Wildman–Crippen LogP) is 2.82. The fraction of sp³-hybridized carbons (Fsp3) is 0.467. The molecule has 0 aromatic heterocycles. The maximum Gasteiger partial charge on any atom is 0.321 e. The summed E-state index contributed by atoms with van der Waals surface area (Å²) in [5, 5.41) is 0. The molecule has 0 bridgehead atoms. The molecule has 18 heavy (non-hydrogen) atoms. The van der Waals surface area contributed by atoms with Gasteiger partial charge in [0.25, 0.3) is 0 Å². The minimum Gasteiger partial charge on any atom is -0.392 e. The van der Waals surface area contributed by atoms with E-state index in [1.54, 1.807) is 0 Å². The number of carbonyl (C=O) groups excluding carboxylic acids is 2. The van der Waals surface area contributed by atoms with Gasteiger partial charge in [0.2, 0.25) is 0 Å². The highest BCUT2D eigenvalue weighted by Gasteiger charge is 2.45. The lowest BCUT2D eigenvalue weighted by Gasteiger charge is -2.16. The smallest absolute Gasteiger partial charge is 0.321 e. The number of ether oxygens (including phenoxy) is 1. The molecular weight excluding hydrogens is 228 g/mol. The van der Waals surface area contributed by atoms with Gasteiger partial charge in [0.05, 0.1) is 11.8 Å². The van der Waals surface area contributed by atoms with Crippen LogP contribution in [0.1, 0.15) is 37.3 Å². The van der Waals surface area contributed by atoms with Crippen LogP contribution < -0.4 is 0 Å². The quantitative estimate of drug-likeness (QED) is 0.608. The first-order valence-electron chi connectivity index (χ1n) is 6.31. The average Bonchev–Trinajstić information content (AvgIpc) is 2.55. The summed E-state index contributed by atoms with van der Waals surface area (Å²) in [5.41, 5.74) is 2.01. The van der Waals surface area contributed by atoms with E-state index in [-0.39, 0.29) is 11.9 Å². The second-order valence-electron chi connectivity index (χ2n) is 5.36. The van der Waals surface area contributed by atoms with Gasteiger partial charge in [-0.3, -0.25) is 9.59 Å². The zero-order valence-corrected chi connectivity index (χ0v) is 11.0. The molecule has 2 atom stereocenters. The van der Waals surface area contributed by atoms with E-state index in [9.17, 15) is 9.59 Å². The molecule has 1 aliphatic heterocycles. The molecule has 1 aromatic carbocycles. The Bertz CT molecular complexity index is 459. The monoisotopic (exact) mass is 246 g/mol. The third kappa shape index (κ3) is 2.45. The van der Waals surface area contributed by atoms with E-state index in [4.69, 9.17) is 4.74 Å². The van der Waals surface area contributed by atoms with Gasteiger partial charge in [-0.25, -0.2) is 0 Å². The summed E-state index contributed by atoms with van der Waals surface area (Å²) in [7, 11) is 0. The van der Waals surface area contributed by atoms with Gasteiger partial charge in [-0.15, -0.1) is 0 Å². The first-order valence-corrected chi connectivity index (χ1v) is 6.31. The van der Waals surface area contributed by atoms with Crippen LogP contribution in [0.2, 0.25) is 0 Å². The first-order chi connectivity index (χ1) is 8.49. The van der Waals surface area contributed by atoms with Crippen molar-refractivity contribution in [2.45, 2.75) is 33.1 Å². The molecule has 1 heterocycles. The first kappa shape index (κ1) is 12.8. The van der Waals surface area contributed by atoms with Crippen LogP contribution in [-0.4, -0.2) is 11.9 Å². The van der Waals surface area contributed by atoms with Gasteiger partial charge in [0, 0.05) is 0 Å². The fourth-order valence-electron chi connectivity index (χ4n) is 2.42. The molecule has 1 saturated heterocycles. The number of benzene rings is 1. The summed E-state index contributed by atoms with van der Waals surface area (Å²) in [6.45, 7) is 6.08. The van der Waals surface area contributed by atoms with Crippen molar-refractivity contribution in [3.8, 4) is 0 Å². The van der Waals surface area contributed by atoms with E-state index in [1.807, 2.05) is 45.0 Å². The molecule has 3 nitrogen and oxygen atoms in total. The van der Waals surface area contributed by atoms with Gasteiger partial charge in [-0.2, -0.15) is 0 Å². The summed E-state index contributed by atoms with van der Waals surface area (Å²) < 4.78 is 4.79. The van der Waals surface area contributed by atoms with Gasteiger partial charge < -0.3 is 4.74 Å². The molecule has 2 rings (SSSR count). The fourth-order valence-corrected chi connectivity index (χ4v) is 2.42. The molecule has 0 aliphatic carbocycles. The maximum absolute atomic E-state index is 11.8. The third-order valence-electron chi connectivity index (χ3n) is 3.32. The standard InChI is InChI=1S/C15H18O3/c1-9(2)8-12-13(15(17)18-14(12)16)11-6-4-10(3)5-7-11/h4-7,9,12-13H,8H2,1-3H3/t12-,13+/m1/s1. The predicted molar refractivity (Wildman–Crippen MR) is 68.0 cm³/mol. The van der Waals surface area contributed by atoms with Crippen LogP contribution in [0.5, 0.6) is 0 Å². The Kier molecular flexibility index (Phi) is 3.50. The van der Waals surface area contributed by atoms with Gasteiger partial charge in [0.15, 0.2) is 0 Å². The van der Waals surface area contributed by atoms with E-state index in [1.165, 1.54) is 0 Å². The Morgan fingerprint density at radius 1 is 1.11 bits per heavy atom. The average molecular weight is 246 g/mol. The van der Waals surface area contributed by atoms with Gasteiger partial charge in [-0.1, -0.05) is 43.7 Å². The van der Waals surface area contributed by atoms with Crippen LogP contribution in [0.15, 0.2) is 24.3 Å². The number of aryl methyl sites for hydroxylation is 1. The topological polar surface area (TPSA) is 43.4 Å². The van der Waals surface area contributed by atoms with Crippen molar-refractivity contribution in [3.05, 3.63) is 35.4 Å². The second kappa shape index (κ2) is 4.92. The van der Waals surface area contributed by atoms with Crippen molar-refractivity contribution < 1.29 is 14.3 Å². The lowest BCUT2D eigenvalue weighted by molar-refractivity contribution is -0.153. The number of hydrogen-bond donors (Lipinski definition) is 0. The van der Waals surface area contributed by atoms with Gasteiger partial charge in [-0.05, 0) is 24.8 Å². The summed E-state index contributed by atoms with van der Waals surface area (Å²) in [6, 6.07) is 7.73. The molecule has 0 radical (unpaired) electrons. The highest BCUT2D eigenvalue weighted by atomic mass is 16.6. The number of rotatable bonds is 3.